The van der Waals surface area contributed by atoms with Crippen LogP contribution in [-0.4, -0.2) is 16.2 Å². The molecule has 80 valence electrons. The monoisotopic (exact) mass is 231 g/mol. The first kappa shape index (κ1) is 11.3. The molecule has 0 aromatic heterocycles. The fraction of sp³-hybridized carbons (Fsp3) is 0.125. The van der Waals surface area contributed by atoms with Crippen molar-refractivity contribution in [1.82, 2.24) is 0 Å². The third-order valence-electron chi connectivity index (χ3n) is 1.57. The molecule has 0 fully saturated rings. The summed E-state index contributed by atoms with van der Waals surface area (Å²) in [7, 11) is 0. The number of hydrogen-bond donors (Lipinski definition) is 1. The van der Waals surface area contributed by atoms with E-state index in [4.69, 9.17) is 16.7 Å². The Kier molecular flexibility index (Phi) is 3.46. The van der Waals surface area contributed by atoms with Crippen molar-refractivity contribution in [2.45, 2.75) is 5.56 Å². The van der Waals surface area contributed by atoms with Crippen LogP contribution in [0.5, 0.6) is 0 Å². The normalized spacial score (nSPS) is 11.8. The Morgan fingerprint density at radius 3 is 2.40 bits per heavy atom. The average molecular weight is 232 g/mol. The van der Waals surface area contributed by atoms with Crippen LogP contribution in [0.25, 0.3) is 0 Å². The van der Waals surface area contributed by atoms with Crippen LogP contribution >= 0.6 is 11.6 Å². The van der Waals surface area contributed by atoms with Gasteiger partial charge in [-0.05, 0) is 12.1 Å². The van der Waals surface area contributed by atoms with E-state index in [1.54, 1.807) is 0 Å². The second-order valence-corrected chi connectivity index (χ2v) is 2.94. The van der Waals surface area contributed by atoms with Gasteiger partial charge < -0.3 is 9.84 Å². The zero-order chi connectivity index (χ0) is 11.4. The number of nitro benzene ring substituents is 1. The Morgan fingerprint density at radius 1 is 1.47 bits per heavy atom. The number of alkyl halides is 1. The van der Waals surface area contributed by atoms with Gasteiger partial charge >= 0.3 is 6.16 Å². The summed E-state index contributed by atoms with van der Waals surface area (Å²) in [5.41, 5.74) is -0.925. The van der Waals surface area contributed by atoms with Gasteiger partial charge in [0.05, 0.1) is 4.92 Å². The third-order valence-corrected chi connectivity index (χ3v) is 1.91. The van der Waals surface area contributed by atoms with Crippen LogP contribution in [0.2, 0.25) is 0 Å². The summed E-state index contributed by atoms with van der Waals surface area (Å²) >= 11 is 5.56. The first-order chi connectivity index (χ1) is 7.00. The first-order valence-electron chi connectivity index (χ1n) is 3.78. The molecule has 0 amide bonds. The van der Waals surface area contributed by atoms with Crippen LogP contribution < -0.4 is 0 Å². The highest BCUT2D eigenvalue weighted by Gasteiger charge is 2.13. The van der Waals surface area contributed by atoms with E-state index in [1.165, 1.54) is 24.3 Å². The number of hydrogen-bond acceptors (Lipinski definition) is 4. The minimum Gasteiger partial charge on any atom is -0.450 e. The molecule has 1 rings (SSSR count). The van der Waals surface area contributed by atoms with Gasteiger partial charge in [0.2, 0.25) is 5.56 Å². The molecule has 1 atom stereocenters. The maximum Gasteiger partial charge on any atom is 0.507 e. The molecule has 0 saturated carbocycles. The van der Waals surface area contributed by atoms with Gasteiger partial charge in [-0.1, -0.05) is 11.6 Å². The lowest BCUT2D eigenvalue weighted by atomic mass is 10.2. The van der Waals surface area contributed by atoms with Crippen LogP contribution in [-0.2, 0) is 4.74 Å². The topological polar surface area (TPSA) is 89.7 Å². The second kappa shape index (κ2) is 4.61. The van der Waals surface area contributed by atoms with Crippen LogP contribution in [0.4, 0.5) is 10.5 Å². The Morgan fingerprint density at radius 2 is 2.00 bits per heavy atom. The Balaban J connectivity index is 2.79. The molecule has 1 aromatic rings. The van der Waals surface area contributed by atoms with Crippen molar-refractivity contribution in [2.24, 2.45) is 0 Å². The molecule has 1 unspecified atom stereocenters. The molecule has 7 heteroatoms. The van der Waals surface area contributed by atoms with E-state index in [-0.39, 0.29) is 5.69 Å². The summed E-state index contributed by atoms with van der Waals surface area (Å²) in [5.74, 6) is 0. The summed E-state index contributed by atoms with van der Waals surface area (Å²) in [6, 6.07) is 5.10. The highest BCUT2D eigenvalue weighted by Crippen LogP contribution is 2.23. The summed E-state index contributed by atoms with van der Waals surface area (Å²) in [4.78, 5) is 19.9. The maximum absolute atomic E-state index is 10.3. The second-order valence-electron chi connectivity index (χ2n) is 2.55. The molecule has 1 aromatic carbocycles. The van der Waals surface area contributed by atoms with Gasteiger partial charge in [-0.25, -0.2) is 4.79 Å². The van der Waals surface area contributed by atoms with E-state index in [9.17, 15) is 14.9 Å². The summed E-state index contributed by atoms with van der Waals surface area (Å²) in [5, 5.41) is 18.6. The van der Waals surface area contributed by atoms with Gasteiger partial charge in [-0.15, -0.1) is 0 Å². The summed E-state index contributed by atoms with van der Waals surface area (Å²) < 4.78 is 4.25. The number of nitro groups is 1. The fourth-order valence-corrected chi connectivity index (χ4v) is 1.13. The number of halogens is 1. The number of ether oxygens (including phenoxy) is 1. The summed E-state index contributed by atoms with van der Waals surface area (Å²) in [6.45, 7) is 0. The van der Waals surface area contributed by atoms with E-state index >= 15 is 0 Å². The van der Waals surface area contributed by atoms with Crippen LogP contribution in [0, 0.1) is 10.1 Å². The van der Waals surface area contributed by atoms with Crippen molar-refractivity contribution in [3.63, 3.8) is 0 Å². The largest absolute Gasteiger partial charge is 0.507 e. The Hall–Kier alpha value is -1.82. The lowest BCUT2D eigenvalue weighted by Crippen LogP contribution is -2.03. The molecule has 6 nitrogen and oxygen atoms in total. The molecule has 0 bridgehead atoms. The zero-order valence-electron chi connectivity index (χ0n) is 7.29. The summed E-state index contributed by atoms with van der Waals surface area (Å²) in [6.07, 6.45) is -1.51. The van der Waals surface area contributed by atoms with Gasteiger partial charge in [0.15, 0.2) is 0 Å². The zero-order valence-corrected chi connectivity index (χ0v) is 8.05. The van der Waals surface area contributed by atoms with Crippen molar-refractivity contribution in [3.05, 3.63) is 39.9 Å². The quantitative estimate of drug-likeness (QED) is 0.374. The predicted octanol–water partition coefficient (Wildman–Crippen LogP) is 2.53. The predicted molar refractivity (Wildman–Crippen MR) is 50.8 cm³/mol. The molecule has 1 N–H and O–H groups in total. The van der Waals surface area contributed by atoms with E-state index in [2.05, 4.69) is 4.74 Å². The number of rotatable bonds is 3. The molecule has 0 saturated heterocycles. The smallest absolute Gasteiger partial charge is 0.450 e. The number of carbonyl (C=O) groups is 1. The van der Waals surface area contributed by atoms with Crippen molar-refractivity contribution in [1.29, 1.82) is 0 Å². The van der Waals surface area contributed by atoms with Gasteiger partial charge in [0.25, 0.3) is 5.69 Å². The molecule has 0 heterocycles. The molecule has 0 aliphatic heterocycles. The highest BCUT2D eigenvalue weighted by molar-refractivity contribution is 6.20. The van der Waals surface area contributed by atoms with Crippen LogP contribution in [0.1, 0.15) is 11.1 Å². The first-order valence-corrected chi connectivity index (χ1v) is 4.22. The van der Waals surface area contributed by atoms with E-state index in [0.29, 0.717) is 5.56 Å². The highest BCUT2D eigenvalue weighted by atomic mass is 35.5. The average Bonchev–Trinajstić information content (AvgIpc) is 2.17. The van der Waals surface area contributed by atoms with Crippen molar-refractivity contribution in [2.75, 3.05) is 0 Å². The number of nitrogens with zero attached hydrogens (tertiary/aromatic N) is 1. The van der Waals surface area contributed by atoms with Gasteiger partial charge in [0.1, 0.15) is 0 Å². The molecule has 0 spiro atoms. The molecule has 0 radical (unpaired) electrons. The Labute approximate surface area is 89.2 Å². The standard InChI is InChI=1S/C8H6ClNO5/c9-7(15-8(11)12)5-1-3-6(4-2-5)10(13)14/h1-4,7H,(H,11,12). The minimum absolute atomic E-state index is 0.0991. The van der Waals surface area contributed by atoms with E-state index in [1.807, 2.05) is 0 Å². The third kappa shape index (κ3) is 3.10. The minimum atomic E-state index is -1.51. The van der Waals surface area contributed by atoms with Crippen LogP contribution in [0.15, 0.2) is 24.3 Å². The maximum atomic E-state index is 10.3. The molecular weight excluding hydrogens is 226 g/mol. The number of carboxylic acid groups (broad SMARTS) is 1. The Bertz CT molecular complexity index is 377. The van der Waals surface area contributed by atoms with Gasteiger partial charge in [-0.2, -0.15) is 0 Å². The molecule has 0 aliphatic carbocycles. The lowest BCUT2D eigenvalue weighted by Gasteiger charge is -2.07. The van der Waals surface area contributed by atoms with E-state index < -0.39 is 16.6 Å². The van der Waals surface area contributed by atoms with Crippen molar-refractivity contribution >= 4 is 23.4 Å². The molecular formula is C8H6ClNO5. The van der Waals surface area contributed by atoms with Crippen LogP contribution in [0.3, 0.4) is 0 Å². The van der Waals surface area contributed by atoms with Gasteiger partial charge in [0, 0.05) is 17.7 Å². The lowest BCUT2D eigenvalue weighted by molar-refractivity contribution is -0.384. The van der Waals surface area contributed by atoms with Crippen molar-refractivity contribution < 1.29 is 19.6 Å². The number of non-ortho nitro benzene ring substituents is 1. The molecule has 15 heavy (non-hydrogen) atoms. The molecule has 0 aliphatic rings. The number of benzene rings is 1. The van der Waals surface area contributed by atoms with E-state index in [0.717, 1.165) is 0 Å². The fourth-order valence-electron chi connectivity index (χ4n) is 0.904. The van der Waals surface area contributed by atoms with Gasteiger partial charge in [-0.3, -0.25) is 10.1 Å². The van der Waals surface area contributed by atoms with Crippen molar-refractivity contribution in [3.8, 4) is 0 Å². The SMILES string of the molecule is O=C(O)OC(Cl)c1ccc([N+](=O)[O-])cc1.